The number of ether oxygens (including phenoxy) is 2. The average molecular weight is 344 g/mol. The Kier molecular flexibility index (Phi) is 4.56. The lowest BCUT2D eigenvalue weighted by Crippen LogP contribution is -1.95. The molecule has 0 saturated carbocycles. The van der Waals surface area contributed by atoms with Gasteiger partial charge in [-0.1, -0.05) is 42.5 Å². The van der Waals surface area contributed by atoms with Gasteiger partial charge in [-0.3, -0.25) is 0 Å². The predicted molar refractivity (Wildman–Crippen MR) is 103 cm³/mol. The monoisotopic (exact) mass is 344 g/mol. The van der Waals surface area contributed by atoms with Crippen LogP contribution in [-0.4, -0.2) is 17.1 Å². The van der Waals surface area contributed by atoms with Gasteiger partial charge in [0.15, 0.2) is 0 Å². The van der Waals surface area contributed by atoms with Crippen LogP contribution in [0.3, 0.4) is 0 Å². The van der Waals surface area contributed by atoms with Gasteiger partial charge in [-0.2, -0.15) is 0 Å². The molecule has 0 fully saturated rings. The Morgan fingerprint density at radius 3 is 2.38 bits per heavy atom. The SMILES string of the molecule is COc1ccc2nc(Cc3ccc(OCc4ccccc4)cc3)[nH]c2c1. The van der Waals surface area contributed by atoms with E-state index in [-0.39, 0.29) is 0 Å². The fraction of sp³-hybridized carbons (Fsp3) is 0.136. The van der Waals surface area contributed by atoms with E-state index in [1.807, 2.05) is 48.5 Å². The zero-order chi connectivity index (χ0) is 17.8. The molecule has 130 valence electrons. The summed E-state index contributed by atoms with van der Waals surface area (Å²) in [6.07, 6.45) is 0.746. The molecule has 0 aliphatic heterocycles. The third-order valence-corrected chi connectivity index (χ3v) is 4.28. The van der Waals surface area contributed by atoms with Crippen LogP contribution in [0, 0.1) is 0 Å². The van der Waals surface area contributed by atoms with E-state index in [0.29, 0.717) is 6.61 Å². The van der Waals surface area contributed by atoms with E-state index in [0.717, 1.165) is 40.3 Å². The molecule has 0 atom stereocenters. The van der Waals surface area contributed by atoms with E-state index < -0.39 is 0 Å². The molecule has 4 nitrogen and oxygen atoms in total. The normalized spacial score (nSPS) is 10.8. The highest BCUT2D eigenvalue weighted by Crippen LogP contribution is 2.21. The van der Waals surface area contributed by atoms with Crippen LogP contribution in [0.5, 0.6) is 11.5 Å². The molecule has 1 aromatic heterocycles. The Morgan fingerprint density at radius 2 is 1.62 bits per heavy atom. The van der Waals surface area contributed by atoms with Gasteiger partial charge >= 0.3 is 0 Å². The highest BCUT2D eigenvalue weighted by molar-refractivity contribution is 5.76. The van der Waals surface area contributed by atoms with Crippen LogP contribution < -0.4 is 9.47 Å². The van der Waals surface area contributed by atoms with Crippen molar-refractivity contribution in [3.05, 3.63) is 89.7 Å². The molecule has 0 aliphatic carbocycles. The summed E-state index contributed by atoms with van der Waals surface area (Å²) >= 11 is 0. The molecule has 0 spiro atoms. The number of nitrogens with one attached hydrogen (secondary N) is 1. The van der Waals surface area contributed by atoms with E-state index in [1.54, 1.807) is 7.11 Å². The number of fused-ring (bicyclic) bond motifs is 1. The first-order valence-corrected chi connectivity index (χ1v) is 8.58. The number of aromatic amines is 1. The Bertz CT molecular complexity index is 992. The van der Waals surface area contributed by atoms with Crippen LogP contribution >= 0.6 is 0 Å². The van der Waals surface area contributed by atoms with Crippen molar-refractivity contribution >= 4 is 11.0 Å². The summed E-state index contributed by atoms with van der Waals surface area (Å²) in [6.45, 7) is 0.575. The van der Waals surface area contributed by atoms with Crippen LogP contribution in [0.1, 0.15) is 17.0 Å². The van der Waals surface area contributed by atoms with Gasteiger partial charge in [0, 0.05) is 12.5 Å². The molecule has 3 aromatic carbocycles. The molecule has 0 radical (unpaired) electrons. The van der Waals surface area contributed by atoms with Crippen molar-refractivity contribution in [2.75, 3.05) is 7.11 Å². The number of nitrogens with zero attached hydrogens (tertiary/aromatic N) is 1. The molecule has 1 N–H and O–H groups in total. The van der Waals surface area contributed by atoms with Crippen molar-refractivity contribution in [1.29, 1.82) is 0 Å². The quantitative estimate of drug-likeness (QED) is 0.549. The number of rotatable bonds is 6. The summed E-state index contributed by atoms with van der Waals surface area (Å²) in [7, 11) is 1.67. The van der Waals surface area contributed by atoms with Crippen molar-refractivity contribution in [3.8, 4) is 11.5 Å². The molecular formula is C22H20N2O2. The maximum absolute atomic E-state index is 5.83. The minimum absolute atomic E-state index is 0.575. The molecule has 0 bridgehead atoms. The molecular weight excluding hydrogens is 324 g/mol. The second-order valence-electron chi connectivity index (χ2n) is 6.16. The smallest absolute Gasteiger partial charge is 0.121 e. The second kappa shape index (κ2) is 7.31. The van der Waals surface area contributed by atoms with E-state index in [1.165, 1.54) is 5.56 Å². The van der Waals surface area contributed by atoms with Gasteiger partial charge in [-0.25, -0.2) is 4.98 Å². The van der Waals surface area contributed by atoms with Gasteiger partial charge < -0.3 is 14.5 Å². The van der Waals surface area contributed by atoms with Crippen LogP contribution in [0.4, 0.5) is 0 Å². The first-order chi connectivity index (χ1) is 12.8. The maximum Gasteiger partial charge on any atom is 0.121 e. The summed E-state index contributed by atoms with van der Waals surface area (Å²) < 4.78 is 11.1. The number of H-pyrrole nitrogens is 1. The average Bonchev–Trinajstić information content (AvgIpc) is 3.09. The zero-order valence-corrected chi connectivity index (χ0v) is 14.6. The topological polar surface area (TPSA) is 47.1 Å². The molecule has 0 unspecified atom stereocenters. The third kappa shape index (κ3) is 3.70. The number of aromatic nitrogens is 2. The van der Waals surface area contributed by atoms with Crippen molar-refractivity contribution < 1.29 is 9.47 Å². The standard InChI is InChI=1S/C22H20N2O2/c1-25-19-11-12-20-21(14-19)24-22(23-20)13-16-7-9-18(10-8-16)26-15-17-5-3-2-4-6-17/h2-12,14H,13,15H2,1H3,(H,23,24). The lowest BCUT2D eigenvalue weighted by Gasteiger charge is -2.07. The Labute approximate surface area is 152 Å². The van der Waals surface area contributed by atoms with E-state index in [2.05, 4.69) is 34.2 Å². The second-order valence-corrected chi connectivity index (χ2v) is 6.16. The minimum Gasteiger partial charge on any atom is -0.497 e. The van der Waals surface area contributed by atoms with Crippen molar-refractivity contribution in [3.63, 3.8) is 0 Å². The number of hydrogen-bond acceptors (Lipinski definition) is 3. The molecule has 1 heterocycles. The molecule has 4 rings (SSSR count). The van der Waals surface area contributed by atoms with Crippen molar-refractivity contribution in [2.24, 2.45) is 0 Å². The van der Waals surface area contributed by atoms with Gasteiger partial charge in [-0.05, 0) is 35.4 Å². The summed E-state index contributed by atoms with van der Waals surface area (Å²) in [5.74, 6) is 2.63. The van der Waals surface area contributed by atoms with E-state index in [4.69, 9.17) is 9.47 Å². The van der Waals surface area contributed by atoms with Crippen LogP contribution in [0.2, 0.25) is 0 Å². The number of imidazole rings is 1. The lowest BCUT2D eigenvalue weighted by atomic mass is 10.1. The summed E-state index contributed by atoms with van der Waals surface area (Å²) in [6, 6.07) is 24.2. The Balaban J connectivity index is 1.42. The maximum atomic E-state index is 5.83. The Morgan fingerprint density at radius 1 is 0.846 bits per heavy atom. The van der Waals surface area contributed by atoms with Gasteiger partial charge in [0.2, 0.25) is 0 Å². The van der Waals surface area contributed by atoms with E-state index in [9.17, 15) is 0 Å². The number of hydrogen-bond donors (Lipinski definition) is 1. The fourth-order valence-electron chi connectivity index (χ4n) is 2.89. The first-order valence-electron chi connectivity index (χ1n) is 8.58. The summed E-state index contributed by atoms with van der Waals surface area (Å²) in [4.78, 5) is 8.00. The van der Waals surface area contributed by atoms with Gasteiger partial charge in [0.25, 0.3) is 0 Å². The Hall–Kier alpha value is -3.27. The van der Waals surface area contributed by atoms with Crippen molar-refractivity contribution in [1.82, 2.24) is 9.97 Å². The molecule has 0 amide bonds. The third-order valence-electron chi connectivity index (χ3n) is 4.28. The minimum atomic E-state index is 0.575. The highest BCUT2D eigenvalue weighted by atomic mass is 16.5. The number of methoxy groups -OCH3 is 1. The van der Waals surface area contributed by atoms with Gasteiger partial charge in [0.1, 0.15) is 23.9 Å². The first kappa shape index (κ1) is 16.2. The van der Waals surface area contributed by atoms with Crippen LogP contribution in [0.15, 0.2) is 72.8 Å². The van der Waals surface area contributed by atoms with Gasteiger partial charge in [-0.15, -0.1) is 0 Å². The zero-order valence-electron chi connectivity index (χ0n) is 14.6. The molecule has 4 aromatic rings. The van der Waals surface area contributed by atoms with Crippen LogP contribution in [-0.2, 0) is 13.0 Å². The highest BCUT2D eigenvalue weighted by Gasteiger charge is 2.05. The fourth-order valence-corrected chi connectivity index (χ4v) is 2.89. The van der Waals surface area contributed by atoms with E-state index >= 15 is 0 Å². The molecule has 0 saturated heterocycles. The molecule has 4 heteroatoms. The lowest BCUT2D eigenvalue weighted by molar-refractivity contribution is 0.306. The predicted octanol–water partition coefficient (Wildman–Crippen LogP) is 4.74. The van der Waals surface area contributed by atoms with Gasteiger partial charge in [0.05, 0.1) is 18.1 Å². The molecule has 26 heavy (non-hydrogen) atoms. The molecule has 0 aliphatic rings. The summed E-state index contributed by atoms with van der Waals surface area (Å²) in [5, 5.41) is 0. The number of benzene rings is 3. The van der Waals surface area contributed by atoms with Crippen molar-refractivity contribution in [2.45, 2.75) is 13.0 Å². The largest absolute Gasteiger partial charge is 0.497 e. The summed E-state index contributed by atoms with van der Waals surface area (Å²) in [5.41, 5.74) is 4.28. The van der Waals surface area contributed by atoms with Crippen LogP contribution in [0.25, 0.3) is 11.0 Å².